The van der Waals surface area contributed by atoms with Crippen molar-refractivity contribution in [1.29, 1.82) is 0 Å². The third-order valence-electron chi connectivity index (χ3n) is 6.30. The Labute approximate surface area is 196 Å². The van der Waals surface area contributed by atoms with Gasteiger partial charge in [0.15, 0.2) is 9.84 Å². The molecule has 2 aliphatic heterocycles. The fourth-order valence-electron chi connectivity index (χ4n) is 4.50. The van der Waals surface area contributed by atoms with E-state index in [4.69, 9.17) is 0 Å². The zero-order valence-corrected chi connectivity index (χ0v) is 19.4. The molecule has 178 valence electrons. The molecule has 5 rings (SSSR count). The van der Waals surface area contributed by atoms with Gasteiger partial charge < -0.3 is 9.80 Å². The highest BCUT2D eigenvalue weighted by molar-refractivity contribution is 7.90. The summed E-state index contributed by atoms with van der Waals surface area (Å²) in [5.41, 5.74) is 3.17. The number of halogens is 2. The first-order valence-corrected chi connectivity index (χ1v) is 12.9. The number of alkyl halides is 2. The molecule has 2 aliphatic rings. The zero-order chi connectivity index (χ0) is 24.1. The Bertz CT molecular complexity index is 1360. The van der Waals surface area contributed by atoms with Gasteiger partial charge in [-0.25, -0.2) is 21.9 Å². The number of aromatic nitrogens is 2. The maximum atomic E-state index is 13.9. The van der Waals surface area contributed by atoms with Gasteiger partial charge in [0.1, 0.15) is 0 Å². The van der Waals surface area contributed by atoms with Gasteiger partial charge in [0.05, 0.1) is 28.4 Å². The molecule has 1 aromatic heterocycles. The maximum Gasteiger partial charge on any atom is 0.266 e. The lowest BCUT2D eigenvalue weighted by molar-refractivity contribution is 0.0256. The van der Waals surface area contributed by atoms with Crippen LogP contribution in [0.5, 0.6) is 0 Å². The van der Waals surface area contributed by atoms with Crippen LogP contribution >= 0.6 is 0 Å². The fourth-order valence-corrected chi connectivity index (χ4v) is 5.15. The van der Waals surface area contributed by atoms with Crippen LogP contribution in [0.15, 0.2) is 59.6 Å². The van der Waals surface area contributed by atoms with Crippen molar-refractivity contribution in [2.24, 2.45) is 0 Å². The van der Waals surface area contributed by atoms with Gasteiger partial charge in [-0.05, 0) is 30.3 Å². The summed E-state index contributed by atoms with van der Waals surface area (Å²) in [6.45, 7) is 0.301. The van der Waals surface area contributed by atoms with Crippen LogP contribution in [0.3, 0.4) is 0 Å². The van der Waals surface area contributed by atoms with E-state index in [0.717, 1.165) is 23.2 Å². The van der Waals surface area contributed by atoms with Crippen molar-refractivity contribution >= 4 is 21.4 Å². The molecule has 2 aromatic carbocycles. The molecule has 0 radical (unpaired) electrons. The van der Waals surface area contributed by atoms with E-state index in [0.29, 0.717) is 25.2 Å². The molecule has 7 nitrogen and oxygen atoms in total. The number of benzene rings is 2. The Hall–Kier alpha value is -3.27. The zero-order valence-electron chi connectivity index (χ0n) is 18.6. The molecule has 0 saturated carbocycles. The minimum Gasteiger partial charge on any atom is -0.365 e. The SMILES string of the molecule is CS(=O)(=O)c1ccc(N2CCC(F)(F)C2)c(C(=O)N2CCc3nn(-c4ccccc4)cc3C2)c1. The molecule has 1 amide bonds. The van der Waals surface area contributed by atoms with Gasteiger partial charge in [0, 0.05) is 56.2 Å². The average Bonchev–Trinajstić information content (AvgIpc) is 3.40. The van der Waals surface area contributed by atoms with E-state index in [9.17, 15) is 22.0 Å². The monoisotopic (exact) mass is 486 g/mol. The number of carbonyl (C=O) groups excluding carboxylic acids is 1. The highest BCUT2D eigenvalue weighted by Crippen LogP contribution is 2.35. The van der Waals surface area contributed by atoms with Crippen molar-refractivity contribution in [2.75, 3.05) is 30.8 Å². The largest absolute Gasteiger partial charge is 0.365 e. The third kappa shape index (κ3) is 4.29. The fraction of sp³-hybridized carbons (Fsp3) is 0.333. The van der Waals surface area contributed by atoms with Crippen molar-refractivity contribution in [2.45, 2.75) is 30.2 Å². The lowest BCUT2D eigenvalue weighted by atomic mass is 10.1. The van der Waals surface area contributed by atoms with Crippen LogP contribution in [0.2, 0.25) is 0 Å². The van der Waals surface area contributed by atoms with Crippen LogP contribution in [-0.2, 0) is 22.8 Å². The molecule has 0 bridgehead atoms. The minimum atomic E-state index is -3.58. The molecule has 0 N–H and O–H groups in total. The van der Waals surface area contributed by atoms with Crippen LogP contribution in [0.25, 0.3) is 5.69 Å². The number of para-hydroxylation sites is 1. The van der Waals surface area contributed by atoms with Gasteiger partial charge >= 0.3 is 0 Å². The van der Waals surface area contributed by atoms with Crippen LogP contribution in [0.4, 0.5) is 14.5 Å². The minimum absolute atomic E-state index is 0.0137. The molecule has 10 heteroatoms. The molecule has 0 atom stereocenters. The number of carbonyl (C=O) groups is 1. The number of nitrogens with zero attached hydrogens (tertiary/aromatic N) is 4. The number of anilines is 1. The maximum absolute atomic E-state index is 13.9. The van der Waals surface area contributed by atoms with Gasteiger partial charge in [-0.15, -0.1) is 0 Å². The Kier molecular flexibility index (Phi) is 5.43. The number of rotatable bonds is 4. The van der Waals surface area contributed by atoms with E-state index < -0.39 is 22.3 Å². The number of fused-ring (bicyclic) bond motifs is 1. The highest BCUT2D eigenvalue weighted by atomic mass is 32.2. The van der Waals surface area contributed by atoms with E-state index >= 15 is 0 Å². The second-order valence-corrected chi connectivity index (χ2v) is 10.9. The number of hydrogen-bond donors (Lipinski definition) is 0. The second kappa shape index (κ2) is 8.19. The molecule has 3 aromatic rings. The molecule has 3 heterocycles. The topological polar surface area (TPSA) is 75.5 Å². The van der Waals surface area contributed by atoms with Crippen molar-refractivity contribution in [1.82, 2.24) is 14.7 Å². The van der Waals surface area contributed by atoms with Gasteiger partial charge in [-0.2, -0.15) is 5.10 Å². The van der Waals surface area contributed by atoms with E-state index in [-0.39, 0.29) is 29.3 Å². The molecule has 1 fully saturated rings. The van der Waals surface area contributed by atoms with E-state index in [1.54, 1.807) is 9.58 Å². The second-order valence-electron chi connectivity index (χ2n) is 8.84. The van der Waals surface area contributed by atoms with Crippen LogP contribution in [0.1, 0.15) is 28.0 Å². The smallest absolute Gasteiger partial charge is 0.266 e. The number of hydrogen-bond acceptors (Lipinski definition) is 5. The summed E-state index contributed by atoms with van der Waals surface area (Å²) >= 11 is 0. The normalized spacial score (nSPS) is 17.6. The Morgan fingerprint density at radius 2 is 1.85 bits per heavy atom. The van der Waals surface area contributed by atoms with Gasteiger partial charge in [-0.3, -0.25) is 4.79 Å². The third-order valence-corrected chi connectivity index (χ3v) is 7.41. The molecule has 0 aliphatic carbocycles. The van der Waals surface area contributed by atoms with E-state index in [2.05, 4.69) is 5.10 Å². The molecular weight excluding hydrogens is 462 g/mol. The summed E-state index contributed by atoms with van der Waals surface area (Å²) in [6.07, 6.45) is 3.19. The van der Waals surface area contributed by atoms with Crippen molar-refractivity contribution in [3.8, 4) is 5.69 Å². The Balaban J connectivity index is 1.47. The number of sulfone groups is 1. The van der Waals surface area contributed by atoms with Crippen LogP contribution < -0.4 is 4.90 Å². The Morgan fingerprint density at radius 1 is 1.09 bits per heavy atom. The molecule has 34 heavy (non-hydrogen) atoms. The molecule has 1 saturated heterocycles. The Morgan fingerprint density at radius 3 is 2.53 bits per heavy atom. The van der Waals surface area contributed by atoms with Gasteiger partial charge in [0.2, 0.25) is 0 Å². The predicted molar refractivity (Wildman–Crippen MR) is 123 cm³/mol. The van der Waals surface area contributed by atoms with Gasteiger partial charge in [0.25, 0.3) is 11.8 Å². The van der Waals surface area contributed by atoms with Crippen LogP contribution in [0, 0.1) is 0 Å². The van der Waals surface area contributed by atoms with E-state index in [1.807, 2.05) is 36.5 Å². The first kappa shape index (κ1) is 22.5. The molecule has 0 unspecified atom stereocenters. The highest BCUT2D eigenvalue weighted by Gasteiger charge is 2.40. The number of amides is 1. The predicted octanol–water partition coefficient (Wildman–Crippen LogP) is 3.32. The summed E-state index contributed by atoms with van der Waals surface area (Å²) in [4.78, 5) is 16.7. The summed E-state index contributed by atoms with van der Waals surface area (Å²) < 4.78 is 53.9. The first-order chi connectivity index (χ1) is 16.1. The van der Waals surface area contributed by atoms with E-state index in [1.165, 1.54) is 23.1 Å². The summed E-state index contributed by atoms with van der Waals surface area (Å²) in [7, 11) is -3.58. The van der Waals surface area contributed by atoms with Crippen molar-refractivity contribution in [3.63, 3.8) is 0 Å². The lowest BCUT2D eigenvalue weighted by Crippen LogP contribution is -2.37. The van der Waals surface area contributed by atoms with Gasteiger partial charge in [-0.1, -0.05) is 18.2 Å². The summed E-state index contributed by atoms with van der Waals surface area (Å²) in [6, 6.07) is 13.8. The quantitative estimate of drug-likeness (QED) is 0.566. The lowest BCUT2D eigenvalue weighted by Gasteiger charge is -2.29. The first-order valence-electron chi connectivity index (χ1n) is 11.0. The van der Waals surface area contributed by atoms with Crippen molar-refractivity contribution < 1.29 is 22.0 Å². The molecule has 0 spiro atoms. The van der Waals surface area contributed by atoms with Crippen LogP contribution in [-0.4, -0.2) is 60.8 Å². The summed E-state index contributed by atoms with van der Waals surface area (Å²) in [5, 5.41) is 4.64. The van der Waals surface area contributed by atoms with Crippen molar-refractivity contribution in [3.05, 3.63) is 71.5 Å². The standard InChI is InChI=1S/C24H24F2N4O3S/c1-34(32,33)19-7-8-22(29-12-10-24(25,26)16-29)20(13-19)23(31)28-11-9-21-17(14-28)15-30(27-21)18-5-3-2-4-6-18/h2-8,13,15H,9-12,14,16H2,1H3. The average molecular weight is 487 g/mol. The molecular formula is C24H24F2N4O3S. The summed E-state index contributed by atoms with van der Waals surface area (Å²) in [5.74, 6) is -3.23.